The largest absolute Gasteiger partial charge is 0.507 e. The first-order chi connectivity index (χ1) is 15.8. The monoisotopic (exact) mass is 453 g/mol. The van der Waals surface area contributed by atoms with Crippen LogP contribution in [-0.2, 0) is 7.05 Å². The van der Waals surface area contributed by atoms with Gasteiger partial charge in [-0.05, 0) is 55.2 Å². The van der Waals surface area contributed by atoms with Gasteiger partial charge in [0.15, 0.2) is 5.82 Å². The SMILES string of the molecule is CN(c1ccc(-c2cc(F)c(-c3ccn(C)c(=O)c3)cc2O)nn1)[C@@H]1C[C@H]2CC[C@@H](N2)[C@H]1F. The number of aryl methyl sites for hydroxylation is 1. The van der Waals surface area contributed by atoms with Crippen LogP contribution in [0.4, 0.5) is 14.6 Å². The number of phenolic OH excluding ortho intramolecular Hbond substituents is 1. The summed E-state index contributed by atoms with van der Waals surface area (Å²) in [6.07, 6.45) is 3.08. The number of benzene rings is 1. The molecule has 2 N–H and O–H groups in total. The molecular weight excluding hydrogens is 428 g/mol. The molecule has 4 atom stereocenters. The Morgan fingerprint density at radius 3 is 2.70 bits per heavy atom. The average molecular weight is 453 g/mol. The third-order valence-corrected chi connectivity index (χ3v) is 6.84. The van der Waals surface area contributed by atoms with Crippen LogP contribution < -0.4 is 15.8 Å². The lowest BCUT2D eigenvalue weighted by Gasteiger charge is -2.38. The van der Waals surface area contributed by atoms with Crippen LogP contribution in [0, 0.1) is 5.82 Å². The predicted octanol–water partition coefficient (Wildman–Crippen LogP) is 3.02. The van der Waals surface area contributed by atoms with E-state index in [9.17, 15) is 18.7 Å². The van der Waals surface area contributed by atoms with Gasteiger partial charge in [-0.3, -0.25) is 4.79 Å². The normalized spacial score (nSPS) is 24.1. The van der Waals surface area contributed by atoms with Crippen molar-refractivity contribution in [2.24, 2.45) is 7.05 Å². The Kier molecular flexibility index (Phi) is 5.36. The first-order valence-corrected chi connectivity index (χ1v) is 11.0. The number of alkyl halides is 1. The van der Waals surface area contributed by atoms with Gasteiger partial charge in [-0.1, -0.05) is 0 Å². The highest BCUT2D eigenvalue weighted by atomic mass is 19.1. The number of pyridine rings is 1. The fourth-order valence-electron chi connectivity index (χ4n) is 4.88. The van der Waals surface area contributed by atoms with Crippen LogP contribution in [0.5, 0.6) is 5.75 Å². The van der Waals surface area contributed by atoms with Crippen LogP contribution in [0.25, 0.3) is 22.4 Å². The van der Waals surface area contributed by atoms with Crippen LogP contribution in [0.3, 0.4) is 0 Å². The Hall–Kier alpha value is -3.33. The summed E-state index contributed by atoms with van der Waals surface area (Å²) in [4.78, 5) is 13.7. The summed E-state index contributed by atoms with van der Waals surface area (Å²) in [7, 11) is 3.41. The molecule has 0 spiro atoms. The molecule has 2 bridgehead atoms. The summed E-state index contributed by atoms with van der Waals surface area (Å²) in [5.74, 6) is -0.254. The van der Waals surface area contributed by atoms with E-state index in [0.717, 1.165) is 12.8 Å². The summed E-state index contributed by atoms with van der Waals surface area (Å²) >= 11 is 0. The lowest BCUT2D eigenvalue weighted by atomic mass is 9.96. The summed E-state index contributed by atoms with van der Waals surface area (Å²) in [5, 5.41) is 22.3. The van der Waals surface area contributed by atoms with E-state index in [1.54, 1.807) is 31.4 Å². The van der Waals surface area contributed by atoms with E-state index in [1.807, 2.05) is 11.9 Å². The second kappa shape index (κ2) is 8.22. The maximum atomic E-state index is 14.9. The maximum Gasteiger partial charge on any atom is 0.250 e. The lowest BCUT2D eigenvalue weighted by molar-refractivity contribution is 0.176. The predicted molar refractivity (Wildman–Crippen MR) is 121 cm³/mol. The third kappa shape index (κ3) is 3.86. The molecule has 2 saturated heterocycles. The molecule has 0 aliphatic carbocycles. The van der Waals surface area contributed by atoms with Crippen LogP contribution in [0.15, 0.2) is 47.4 Å². The molecule has 0 amide bonds. The second-order valence-electron chi connectivity index (χ2n) is 8.90. The van der Waals surface area contributed by atoms with Crippen molar-refractivity contribution in [3.63, 3.8) is 0 Å². The smallest absolute Gasteiger partial charge is 0.250 e. The number of aromatic nitrogens is 3. The number of hydrogen-bond donors (Lipinski definition) is 2. The molecule has 2 aliphatic rings. The zero-order valence-electron chi connectivity index (χ0n) is 18.4. The van der Waals surface area contributed by atoms with E-state index >= 15 is 0 Å². The van der Waals surface area contributed by atoms with E-state index in [-0.39, 0.29) is 34.5 Å². The van der Waals surface area contributed by atoms with E-state index in [0.29, 0.717) is 29.5 Å². The average Bonchev–Trinajstić information content (AvgIpc) is 3.22. The number of anilines is 1. The highest BCUT2D eigenvalue weighted by Gasteiger charge is 2.43. The fraction of sp³-hybridized carbons (Fsp3) is 0.375. The van der Waals surface area contributed by atoms with Gasteiger partial charge in [0.05, 0.1) is 11.7 Å². The van der Waals surface area contributed by atoms with Gasteiger partial charge in [0.2, 0.25) is 0 Å². The van der Waals surface area contributed by atoms with Gasteiger partial charge >= 0.3 is 0 Å². The van der Waals surface area contributed by atoms with E-state index in [2.05, 4.69) is 15.5 Å². The molecule has 33 heavy (non-hydrogen) atoms. The zero-order valence-corrected chi connectivity index (χ0v) is 18.4. The summed E-state index contributed by atoms with van der Waals surface area (Å²) in [6.45, 7) is 0. The lowest BCUT2D eigenvalue weighted by Crippen LogP contribution is -2.55. The molecule has 5 rings (SSSR count). The molecule has 172 valence electrons. The number of hydrogen-bond acceptors (Lipinski definition) is 6. The molecule has 2 aromatic heterocycles. The van der Waals surface area contributed by atoms with Crippen LogP contribution in [-0.4, -0.2) is 51.2 Å². The molecule has 4 heterocycles. The number of rotatable bonds is 4. The summed E-state index contributed by atoms with van der Waals surface area (Å²) in [5.41, 5.74) is 0.689. The Balaban J connectivity index is 1.40. The number of aromatic hydroxyl groups is 1. The van der Waals surface area contributed by atoms with Crippen LogP contribution >= 0.6 is 0 Å². The van der Waals surface area contributed by atoms with Gasteiger partial charge in [0, 0.05) is 49.6 Å². The quantitative estimate of drug-likeness (QED) is 0.632. The van der Waals surface area contributed by atoms with Crippen molar-refractivity contribution >= 4 is 5.82 Å². The highest BCUT2D eigenvalue weighted by molar-refractivity contribution is 5.74. The van der Waals surface area contributed by atoms with Gasteiger partial charge in [-0.25, -0.2) is 8.78 Å². The first-order valence-electron chi connectivity index (χ1n) is 11.0. The third-order valence-electron chi connectivity index (χ3n) is 6.84. The number of phenols is 1. The van der Waals surface area contributed by atoms with Crippen molar-refractivity contribution < 1.29 is 13.9 Å². The fourth-order valence-corrected chi connectivity index (χ4v) is 4.88. The number of piperidine rings is 1. The standard InChI is InChI=1S/C24H25F2N5O2/c1-30-8-7-13(9-23(30)33)15-12-21(32)16(11-17(15)25)18-5-6-22(29-28-18)31(2)20-10-14-3-4-19(27-14)24(20)26/h5-9,11-12,14,19-20,24,27,32H,3-4,10H2,1-2H3/t14-,19-,20-,24-/m1/s1. The zero-order chi connectivity index (χ0) is 23.3. The van der Waals surface area contributed by atoms with Crippen molar-refractivity contribution in [3.8, 4) is 28.1 Å². The van der Waals surface area contributed by atoms with E-state index < -0.39 is 12.0 Å². The van der Waals surface area contributed by atoms with Crippen LogP contribution in [0.1, 0.15) is 19.3 Å². The van der Waals surface area contributed by atoms with E-state index in [4.69, 9.17) is 0 Å². The number of nitrogens with zero attached hydrogens (tertiary/aromatic N) is 4. The minimum atomic E-state index is -0.990. The number of halogens is 2. The molecular formula is C24H25F2N5O2. The van der Waals surface area contributed by atoms with Gasteiger partial charge in [-0.2, -0.15) is 0 Å². The Morgan fingerprint density at radius 2 is 1.97 bits per heavy atom. The molecule has 0 unspecified atom stereocenters. The molecule has 1 aromatic carbocycles. The second-order valence-corrected chi connectivity index (χ2v) is 8.90. The maximum absolute atomic E-state index is 14.9. The minimum Gasteiger partial charge on any atom is -0.507 e. The Morgan fingerprint density at radius 1 is 1.15 bits per heavy atom. The Labute approximate surface area is 189 Å². The molecule has 2 aliphatic heterocycles. The van der Waals surface area contributed by atoms with Gasteiger partial charge < -0.3 is 19.9 Å². The van der Waals surface area contributed by atoms with Gasteiger partial charge in [0.1, 0.15) is 17.7 Å². The molecule has 0 saturated carbocycles. The van der Waals surface area contributed by atoms with Crippen molar-refractivity contribution in [2.75, 3.05) is 11.9 Å². The summed E-state index contributed by atoms with van der Waals surface area (Å²) < 4.78 is 31.2. The molecule has 2 fully saturated rings. The Bertz CT molecular complexity index is 1250. The van der Waals surface area contributed by atoms with Crippen LogP contribution in [0.2, 0.25) is 0 Å². The van der Waals surface area contributed by atoms with Crippen molar-refractivity contribution in [1.29, 1.82) is 0 Å². The number of nitrogens with one attached hydrogen (secondary N) is 1. The first kappa shape index (κ1) is 21.5. The van der Waals surface area contributed by atoms with E-state index in [1.165, 1.54) is 22.8 Å². The minimum absolute atomic E-state index is 0.118. The molecule has 0 radical (unpaired) electrons. The van der Waals surface area contributed by atoms with Crippen molar-refractivity contribution in [2.45, 2.75) is 43.6 Å². The number of fused-ring (bicyclic) bond motifs is 2. The molecule has 3 aromatic rings. The topological polar surface area (TPSA) is 83.3 Å². The van der Waals surface area contributed by atoms with Gasteiger partial charge in [0.25, 0.3) is 5.56 Å². The molecule has 7 nitrogen and oxygen atoms in total. The molecule has 9 heteroatoms. The highest BCUT2D eigenvalue weighted by Crippen LogP contribution is 2.36. The van der Waals surface area contributed by atoms with Crippen molar-refractivity contribution in [3.05, 3.63) is 58.8 Å². The van der Waals surface area contributed by atoms with Crippen molar-refractivity contribution in [1.82, 2.24) is 20.1 Å². The summed E-state index contributed by atoms with van der Waals surface area (Å²) in [6, 6.07) is 8.63. The van der Waals surface area contributed by atoms with Gasteiger partial charge in [-0.15, -0.1) is 10.2 Å².